The first-order valence-corrected chi connectivity index (χ1v) is 13.0. The van der Waals surface area contributed by atoms with Crippen molar-refractivity contribution in [3.63, 3.8) is 0 Å². The van der Waals surface area contributed by atoms with Crippen LogP contribution in [0.1, 0.15) is 56.1 Å². The molecule has 0 unspecified atom stereocenters. The van der Waals surface area contributed by atoms with Gasteiger partial charge in [0.2, 0.25) is 0 Å². The van der Waals surface area contributed by atoms with Gasteiger partial charge >= 0.3 is 20.6 Å². The van der Waals surface area contributed by atoms with Crippen LogP contribution in [-0.2, 0) is 31.2 Å². The summed E-state index contributed by atoms with van der Waals surface area (Å²) >= 11 is 0. The second-order valence-corrected chi connectivity index (χ2v) is 11.4. The lowest BCUT2D eigenvalue weighted by Crippen LogP contribution is -2.51. The standard InChI is InChI=1S/C20H28N2O6S2/c1-3-20-11-8-13-12-14(27-29(21,23)24)4-5-15(13)16(20)9-10-19(2)17(20)6-7-18(19)28-30(22,25)26/h3-5,12,16-18H,1,6-11H2,2H3,(H2,21,23,24)(H2,22,25,26)/t16-,17-,18+,19+,20-/m1/s1. The number of hydrogen-bond donors (Lipinski definition) is 2. The summed E-state index contributed by atoms with van der Waals surface area (Å²) < 4.78 is 55.9. The Balaban J connectivity index is 1.69. The van der Waals surface area contributed by atoms with Crippen LogP contribution >= 0.6 is 0 Å². The van der Waals surface area contributed by atoms with Crippen molar-refractivity contribution in [3.8, 4) is 5.75 Å². The Bertz CT molecular complexity index is 1090. The van der Waals surface area contributed by atoms with E-state index < -0.39 is 26.7 Å². The van der Waals surface area contributed by atoms with Crippen LogP contribution in [0.25, 0.3) is 0 Å². The first kappa shape index (κ1) is 21.8. The Morgan fingerprint density at radius 1 is 1.10 bits per heavy atom. The Morgan fingerprint density at radius 2 is 1.83 bits per heavy atom. The van der Waals surface area contributed by atoms with Gasteiger partial charge in [-0.2, -0.15) is 22.0 Å². The average Bonchev–Trinajstić information content (AvgIpc) is 2.95. The summed E-state index contributed by atoms with van der Waals surface area (Å²) in [6.45, 7) is 6.30. The summed E-state index contributed by atoms with van der Waals surface area (Å²) in [6, 6.07) is 5.31. The van der Waals surface area contributed by atoms with E-state index in [2.05, 4.69) is 19.6 Å². The van der Waals surface area contributed by atoms with Crippen molar-refractivity contribution in [1.82, 2.24) is 0 Å². The van der Waals surface area contributed by atoms with Crippen molar-refractivity contribution in [3.05, 3.63) is 42.0 Å². The van der Waals surface area contributed by atoms with Crippen LogP contribution in [-0.4, -0.2) is 22.9 Å². The zero-order chi connectivity index (χ0) is 21.9. The van der Waals surface area contributed by atoms with Crippen LogP contribution in [0.4, 0.5) is 0 Å². The van der Waals surface area contributed by atoms with E-state index in [0.29, 0.717) is 6.42 Å². The number of rotatable bonds is 5. The van der Waals surface area contributed by atoms with Crippen molar-refractivity contribution < 1.29 is 25.2 Å². The molecule has 1 aromatic rings. The fourth-order valence-corrected chi connectivity index (χ4v) is 7.57. The molecule has 0 aliphatic heterocycles. The maximum Gasteiger partial charge on any atom is 0.380 e. The van der Waals surface area contributed by atoms with E-state index in [9.17, 15) is 16.8 Å². The van der Waals surface area contributed by atoms with Gasteiger partial charge in [0.05, 0.1) is 6.10 Å². The number of aryl methyl sites for hydroxylation is 1. The minimum Gasteiger partial charge on any atom is -0.371 e. The third-order valence-electron chi connectivity index (χ3n) is 7.68. The lowest BCUT2D eigenvalue weighted by atomic mass is 9.47. The maximum absolute atomic E-state index is 11.6. The molecule has 3 aliphatic carbocycles. The van der Waals surface area contributed by atoms with Gasteiger partial charge in [-0.15, -0.1) is 6.58 Å². The molecule has 0 amide bonds. The van der Waals surface area contributed by atoms with Gasteiger partial charge in [0.25, 0.3) is 0 Å². The second kappa shape index (κ2) is 7.03. The van der Waals surface area contributed by atoms with Crippen molar-refractivity contribution >= 4 is 20.6 Å². The molecule has 0 radical (unpaired) electrons. The lowest BCUT2D eigenvalue weighted by Gasteiger charge is -2.57. The van der Waals surface area contributed by atoms with Gasteiger partial charge in [-0.25, -0.2) is 5.14 Å². The van der Waals surface area contributed by atoms with E-state index in [0.717, 1.165) is 37.7 Å². The van der Waals surface area contributed by atoms with Crippen molar-refractivity contribution in [1.29, 1.82) is 0 Å². The minimum absolute atomic E-state index is 0.182. The summed E-state index contributed by atoms with van der Waals surface area (Å²) in [6.07, 6.45) is 6.37. The van der Waals surface area contributed by atoms with Crippen molar-refractivity contribution in [2.75, 3.05) is 0 Å². The number of benzene rings is 1. The van der Waals surface area contributed by atoms with Gasteiger partial charge in [-0.3, -0.25) is 4.18 Å². The normalized spacial score (nSPS) is 35.8. The molecule has 4 N–H and O–H groups in total. The van der Waals surface area contributed by atoms with Crippen LogP contribution in [0.3, 0.4) is 0 Å². The molecular weight excluding hydrogens is 428 g/mol. The Labute approximate surface area is 178 Å². The summed E-state index contributed by atoms with van der Waals surface area (Å²) in [5.74, 6) is 0.653. The molecule has 5 atom stereocenters. The fourth-order valence-electron chi connectivity index (χ4n) is 6.56. The monoisotopic (exact) mass is 456 g/mol. The number of hydrogen-bond acceptors (Lipinski definition) is 6. The predicted octanol–water partition coefficient (Wildman–Crippen LogP) is 2.27. The molecule has 4 rings (SSSR count). The van der Waals surface area contributed by atoms with Crippen molar-refractivity contribution in [2.45, 2.75) is 57.5 Å². The second-order valence-electron chi connectivity index (χ2n) is 9.06. The zero-order valence-corrected chi connectivity index (χ0v) is 18.5. The molecule has 166 valence electrons. The molecular formula is C20H28N2O6S2. The third-order valence-corrected chi connectivity index (χ3v) is 8.60. The van der Waals surface area contributed by atoms with E-state index >= 15 is 0 Å². The van der Waals surface area contributed by atoms with Gasteiger partial charge in [-0.1, -0.05) is 19.1 Å². The van der Waals surface area contributed by atoms with Gasteiger partial charge in [0.15, 0.2) is 0 Å². The van der Waals surface area contributed by atoms with Crippen LogP contribution < -0.4 is 14.5 Å². The molecule has 30 heavy (non-hydrogen) atoms. The quantitative estimate of drug-likeness (QED) is 0.652. The maximum atomic E-state index is 11.6. The first-order valence-electron chi connectivity index (χ1n) is 10.1. The third kappa shape index (κ3) is 3.58. The van der Waals surface area contributed by atoms with E-state index in [4.69, 9.17) is 18.6 Å². The Hall–Kier alpha value is -1.46. The van der Waals surface area contributed by atoms with Crippen LogP contribution in [0.2, 0.25) is 0 Å². The van der Waals surface area contributed by atoms with E-state index in [1.165, 1.54) is 5.56 Å². The Morgan fingerprint density at radius 3 is 2.47 bits per heavy atom. The summed E-state index contributed by atoms with van der Waals surface area (Å²) in [7, 11) is -8.09. The van der Waals surface area contributed by atoms with E-state index in [1.54, 1.807) is 12.1 Å². The molecule has 0 spiro atoms. The molecule has 0 aromatic heterocycles. The number of allylic oxidation sites excluding steroid dienone is 1. The highest BCUT2D eigenvalue weighted by Crippen LogP contribution is 2.68. The van der Waals surface area contributed by atoms with Gasteiger partial charge < -0.3 is 4.18 Å². The average molecular weight is 457 g/mol. The largest absolute Gasteiger partial charge is 0.380 e. The molecule has 2 saturated carbocycles. The summed E-state index contributed by atoms with van der Waals surface area (Å²) in [5.41, 5.74) is 1.74. The molecule has 0 heterocycles. The van der Waals surface area contributed by atoms with Gasteiger partial charge in [0.1, 0.15) is 5.75 Å². The number of fused-ring (bicyclic) bond motifs is 5. The molecule has 3 aliphatic rings. The van der Waals surface area contributed by atoms with E-state index in [-0.39, 0.29) is 28.4 Å². The molecule has 0 bridgehead atoms. The Kier molecular flexibility index (Phi) is 5.10. The van der Waals surface area contributed by atoms with Gasteiger partial charge in [-0.05, 0) is 84.5 Å². The zero-order valence-electron chi connectivity index (χ0n) is 16.9. The number of nitrogens with two attached hydrogens (primary N) is 2. The van der Waals surface area contributed by atoms with E-state index in [1.807, 2.05) is 6.07 Å². The smallest absolute Gasteiger partial charge is 0.371 e. The highest BCUT2D eigenvalue weighted by molar-refractivity contribution is 7.84. The predicted molar refractivity (Wildman–Crippen MR) is 112 cm³/mol. The van der Waals surface area contributed by atoms with Gasteiger partial charge in [0, 0.05) is 0 Å². The SMILES string of the molecule is C=C[C@@]12CCc3cc(OS(N)(=O)=O)ccc3[C@H]1CC[C@]1(C)[C@@H](OS(N)(=O)=O)CC[C@H]12. The summed E-state index contributed by atoms with van der Waals surface area (Å²) in [5, 5.41) is 10.2. The summed E-state index contributed by atoms with van der Waals surface area (Å²) in [4.78, 5) is 0. The van der Waals surface area contributed by atoms with Crippen molar-refractivity contribution in [2.24, 2.45) is 27.0 Å². The minimum atomic E-state index is -4.07. The fraction of sp³-hybridized carbons (Fsp3) is 0.600. The topological polar surface area (TPSA) is 139 Å². The molecule has 2 fully saturated rings. The lowest BCUT2D eigenvalue weighted by molar-refractivity contribution is -0.0421. The molecule has 0 saturated heterocycles. The van der Waals surface area contributed by atoms with Crippen LogP contribution in [0, 0.1) is 16.7 Å². The van der Waals surface area contributed by atoms with Crippen LogP contribution in [0.5, 0.6) is 5.75 Å². The molecule has 10 heteroatoms. The molecule has 8 nitrogen and oxygen atoms in total. The highest BCUT2D eigenvalue weighted by Gasteiger charge is 2.61. The van der Waals surface area contributed by atoms with Crippen LogP contribution in [0.15, 0.2) is 30.9 Å². The molecule has 1 aromatic carbocycles. The first-order chi connectivity index (χ1) is 13.9. The highest BCUT2D eigenvalue weighted by atomic mass is 32.2.